The molecule has 0 saturated heterocycles. The second-order valence-corrected chi connectivity index (χ2v) is 11.3. The lowest BCUT2D eigenvalue weighted by Gasteiger charge is -2.32. The summed E-state index contributed by atoms with van der Waals surface area (Å²) >= 11 is 18.2. The molecule has 0 fully saturated rings. The van der Waals surface area contributed by atoms with Crippen LogP contribution in [0.2, 0.25) is 15.1 Å². The van der Waals surface area contributed by atoms with Crippen LogP contribution in [0.25, 0.3) is 0 Å². The fraction of sp³-hybridized carbons (Fsp3) is 0.231. The average Bonchev–Trinajstić information content (AvgIpc) is 2.88. The Kier molecular flexibility index (Phi) is 9.84. The molecule has 1 atom stereocenters. The van der Waals surface area contributed by atoms with Gasteiger partial charge >= 0.3 is 0 Å². The van der Waals surface area contributed by atoms with Crippen molar-refractivity contribution in [3.63, 3.8) is 0 Å². The van der Waals surface area contributed by atoms with E-state index in [0.29, 0.717) is 11.6 Å². The summed E-state index contributed by atoms with van der Waals surface area (Å²) < 4.78 is 28.3. The van der Waals surface area contributed by atoms with Crippen molar-refractivity contribution in [2.75, 3.05) is 17.4 Å². The molecule has 2 amide bonds. The SMILES string of the molecule is CCNC(=O)C(C)N(Cc1ccc(Cl)cc1)C(=O)CN(c1ccc(Cl)c(Cl)c1)S(=O)(=O)c1ccccc1. The third-order valence-electron chi connectivity index (χ3n) is 5.59. The Hall–Kier alpha value is -2.78. The summed E-state index contributed by atoms with van der Waals surface area (Å²) in [6, 6.07) is 18.0. The van der Waals surface area contributed by atoms with Gasteiger partial charge in [-0.2, -0.15) is 0 Å². The monoisotopic (exact) mass is 581 g/mol. The second-order valence-electron chi connectivity index (χ2n) is 8.14. The van der Waals surface area contributed by atoms with Gasteiger partial charge in [-0.25, -0.2) is 8.42 Å². The molecule has 7 nitrogen and oxygen atoms in total. The zero-order valence-electron chi connectivity index (χ0n) is 20.2. The summed E-state index contributed by atoms with van der Waals surface area (Å²) in [5.41, 5.74) is 0.879. The molecule has 11 heteroatoms. The highest BCUT2D eigenvalue weighted by Gasteiger charge is 2.32. The van der Waals surface area contributed by atoms with Crippen molar-refractivity contribution in [1.29, 1.82) is 0 Å². The van der Waals surface area contributed by atoms with Gasteiger partial charge in [-0.3, -0.25) is 13.9 Å². The van der Waals surface area contributed by atoms with E-state index in [-0.39, 0.29) is 33.1 Å². The molecule has 37 heavy (non-hydrogen) atoms. The first kappa shape index (κ1) is 28.8. The van der Waals surface area contributed by atoms with Crippen LogP contribution < -0.4 is 9.62 Å². The molecular formula is C26H26Cl3N3O4S. The number of benzene rings is 3. The Morgan fingerprint density at radius 3 is 2.16 bits per heavy atom. The Morgan fingerprint density at radius 1 is 0.919 bits per heavy atom. The van der Waals surface area contributed by atoms with Crippen LogP contribution in [0, 0.1) is 0 Å². The minimum Gasteiger partial charge on any atom is -0.355 e. The van der Waals surface area contributed by atoms with Gasteiger partial charge in [-0.15, -0.1) is 0 Å². The quantitative estimate of drug-likeness (QED) is 0.347. The first-order valence-electron chi connectivity index (χ1n) is 11.4. The minimum absolute atomic E-state index is 0.00472. The molecule has 0 spiro atoms. The van der Waals surface area contributed by atoms with E-state index < -0.39 is 28.5 Å². The maximum atomic E-state index is 13.7. The summed E-state index contributed by atoms with van der Waals surface area (Å²) in [4.78, 5) is 27.8. The van der Waals surface area contributed by atoms with Gasteiger partial charge < -0.3 is 10.2 Å². The number of halogens is 3. The van der Waals surface area contributed by atoms with Crippen LogP contribution in [-0.4, -0.2) is 44.3 Å². The Bertz CT molecular complexity index is 1350. The number of carbonyl (C=O) groups is 2. The maximum Gasteiger partial charge on any atom is 0.264 e. The molecule has 1 N–H and O–H groups in total. The van der Waals surface area contributed by atoms with Gasteiger partial charge in [-0.05, 0) is 61.9 Å². The first-order valence-corrected chi connectivity index (χ1v) is 14.0. The van der Waals surface area contributed by atoms with E-state index in [9.17, 15) is 18.0 Å². The third-order valence-corrected chi connectivity index (χ3v) is 8.36. The van der Waals surface area contributed by atoms with Crippen LogP contribution >= 0.6 is 34.8 Å². The van der Waals surface area contributed by atoms with Crippen LogP contribution in [0.1, 0.15) is 19.4 Å². The zero-order valence-corrected chi connectivity index (χ0v) is 23.3. The highest BCUT2D eigenvalue weighted by molar-refractivity contribution is 7.92. The number of carbonyl (C=O) groups excluding carboxylic acids is 2. The lowest BCUT2D eigenvalue weighted by Crippen LogP contribution is -2.51. The first-order chi connectivity index (χ1) is 17.5. The molecular weight excluding hydrogens is 557 g/mol. The Morgan fingerprint density at radius 2 is 1.57 bits per heavy atom. The summed E-state index contributed by atoms with van der Waals surface area (Å²) in [6.45, 7) is 3.23. The zero-order chi connectivity index (χ0) is 27.2. The van der Waals surface area contributed by atoms with Gasteiger partial charge in [-0.1, -0.05) is 65.1 Å². The topological polar surface area (TPSA) is 86.8 Å². The van der Waals surface area contributed by atoms with Crippen molar-refractivity contribution < 1.29 is 18.0 Å². The number of nitrogens with zero attached hydrogens (tertiary/aromatic N) is 2. The van der Waals surface area contributed by atoms with Gasteiger partial charge in [0.25, 0.3) is 10.0 Å². The average molecular weight is 583 g/mol. The van der Waals surface area contributed by atoms with Crippen molar-refractivity contribution in [3.05, 3.63) is 93.4 Å². The molecule has 0 aromatic heterocycles. The largest absolute Gasteiger partial charge is 0.355 e. The Balaban J connectivity index is 2.03. The number of hydrogen-bond acceptors (Lipinski definition) is 4. The lowest BCUT2D eigenvalue weighted by atomic mass is 10.1. The predicted octanol–water partition coefficient (Wildman–Crippen LogP) is 5.40. The van der Waals surface area contributed by atoms with Crippen LogP contribution in [0.15, 0.2) is 77.7 Å². The molecule has 3 aromatic rings. The van der Waals surface area contributed by atoms with Crippen molar-refractivity contribution in [1.82, 2.24) is 10.2 Å². The molecule has 0 aliphatic heterocycles. The number of rotatable bonds is 10. The molecule has 0 aliphatic carbocycles. The number of likely N-dealkylation sites (N-methyl/N-ethyl adjacent to an activating group) is 1. The van der Waals surface area contributed by atoms with Crippen molar-refractivity contribution in [2.45, 2.75) is 31.3 Å². The van der Waals surface area contributed by atoms with Crippen molar-refractivity contribution in [3.8, 4) is 0 Å². The van der Waals surface area contributed by atoms with Crippen molar-refractivity contribution >= 4 is 62.3 Å². The van der Waals surface area contributed by atoms with Gasteiger partial charge in [0.15, 0.2) is 0 Å². The van der Waals surface area contributed by atoms with Crippen LogP contribution in [-0.2, 0) is 26.2 Å². The van der Waals surface area contributed by atoms with E-state index in [1.807, 2.05) is 0 Å². The fourth-order valence-corrected chi connectivity index (χ4v) is 5.43. The highest BCUT2D eigenvalue weighted by atomic mass is 35.5. The van der Waals surface area contributed by atoms with Gasteiger partial charge in [0, 0.05) is 18.1 Å². The second kappa shape index (κ2) is 12.6. The molecule has 0 saturated carbocycles. The number of sulfonamides is 1. The van der Waals surface area contributed by atoms with Crippen molar-refractivity contribution in [2.24, 2.45) is 0 Å². The van der Waals surface area contributed by atoms with E-state index in [1.165, 1.54) is 35.2 Å². The molecule has 3 rings (SSSR count). The summed E-state index contributed by atoms with van der Waals surface area (Å²) in [5.74, 6) is -0.948. The number of amides is 2. The molecule has 3 aromatic carbocycles. The third kappa shape index (κ3) is 7.17. The lowest BCUT2D eigenvalue weighted by molar-refractivity contribution is -0.139. The predicted molar refractivity (Wildman–Crippen MR) is 148 cm³/mol. The van der Waals surface area contributed by atoms with E-state index in [0.717, 1.165) is 9.87 Å². The normalized spacial score (nSPS) is 12.0. The Labute approximate surface area is 232 Å². The van der Waals surface area contributed by atoms with E-state index in [1.54, 1.807) is 56.3 Å². The van der Waals surface area contributed by atoms with E-state index >= 15 is 0 Å². The van der Waals surface area contributed by atoms with Gasteiger partial charge in [0.05, 0.1) is 20.6 Å². The van der Waals surface area contributed by atoms with E-state index in [4.69, 9.17) is 34.8 Å². The van der Waals surface area contributed by atoms with E-state index in [2.05, 4.69) is 5.32 Å². The standard InChI is InChI=1S/C26H26Cl3N3O4S/c1-3-30-26(34)18(2)31(16-19-9-11-20(27)12-10-19)25(33)17-32(21-13-14-23(28)24(29)15-21)37(35,36)22-7-5-4-6-8-22/h4-15,18H,3,16-17H2,1-2H3,(H,30,34). The van der Waals surface area contributed by atoms with Gasteiger partial charge in [0.1, 0.15) is 12.6 Å². The number of anilines is 1. The number of nitrogens with one attached hydrogen (secondary N) is 1. The molecule has 1 unspecified atom stereocenters. The molecule has 196 valence electrons. The highest BCUT2D eigenvalue weighted by Crippen LogP contribution is 2.31. The number of hydrogen-bond donors (Lipinski definition) is 1. The van der Waals surface area contributed by atoms with Crippen LogP contribution in [0.4, 0.5) is 5.69 Å². The smallest absolute Gasteiger partial charge is 0.264 e. The molecule has 0 bridgehead atoms. The molecule has 0 heterocycles. The van der Waals surface area contributed by atoms with Crippen LogP contribution in [0.3, 0.4) is 0 Å². The maximum absolute atomic E-state index is 13.7. The van der Waals surface area contributed by atoms with Crippen LogP contribution in [0.5, 0.6) is 0 Å². The summed E-state index contributed by atoms with van der Waals surface area (Å²) in [7, 11) is -4.18. The molecule has 0 aliphatic rings. The summed E-state index contributed by atoms with van der Waals surface area (Å²) in [6.07, 6.45) is 0. The molecule has 0 radical (unpaired) electrons. The summed E-state index contributed by atoms with van der Waals surface area (Å²) in [5, 5.41) is 3.61. The van der Waals surface area contributed by atoms with Gasteiger partial charge in [0.2, 0.25) is 11.8 Å². The minimum atomic E-state index is -4.18. The fourth-order valence-electron chi connectivity index (χ4n) is 3.58.